The molecule has 1 aromatic heterocycles. The molecule has 24 heavy (non-hydrogen) atoms. The van der Waals surface area contributed by atoms with Crippen LogP contribution in [0, 0.1) is 6.92 Å². The Hall–Kier alpha value is -2.88. The second-order valence-electron chi connectivity index (χ2n) is 5.98. The molecule has 0 atom stereocenters. The lowest BCUT2D eigenvalue weighted by Gasteiger charge is -2.07. The number of hydrogen-bond acceptors (Lipinski definition) is 2. The first-order valence-corrected chi connectivity index (χ1v) is 8.05. The Morgan fingerprint density at radius 1 is 1.08 bits per heavy atom. The van der Waals surface area contributed by atoms with Crippen molar-refractivity contribution in [3.8, 4) is 0 Å². The van der Waals surface area contributed by atoms with Gasteiger partial charge in [0.15, 0.2) is 0 Å². The van der Waals surface area contributed by atoms with Crippen LogP contribution in [-0.4, -0.2) is 17.4 Å². The molecule has 122 valence electrons. The number of fused-ring (bicyclic) bond motifs is 1. The number of aryl methyl sites for hydroxylation is 1. The van der Waals surface area contributed by atoms with Crippen LogP contribution >= 0.6 is 0 Å². The number of carbonyl (C=O) groups excluding carboxylic acids is 1. The summed E-state index contributed by atoms with van der Waals surface area (Å²) < 4.78 is 0. The summed E-state index contributed by atoms with van der Waals surface area (Å²) in [7, 11) is 0. The Bertz CT molecular complexity index is 928. The van der Waals surface area contributed by atoms with Gasteiger partial charge in [-0.3, -0.25) is 9.59 Å². The van der Waals surface area contributed by atoms with Crippen LogP contribution in [0.4, 0.5) is 0 Å². The molecular weight excluding hydrogens is 300 g/mol. The van der Waals surface area contributed by atoms with Crippen molar-refractivity contribution in [2.24, 2.45) is 0 Å². The standard InChI is InChI=1S/C20H20N2O2/c1-14-5-4-6-15(11-14)12-19(23)21-10-9-17-13-16-7-2-3-8-18(16)22-20(17)24/h2-8,11,13H,9-10,12H2,1H3,(H,21,23)(H,22,24). The molecule has 0 radical (unpaired) electrons. The molecule has 0 saturated carbocycles. The number of amides is 1. The van der Waals surface area contributed by atoms with Crippen molar-refractivity contribution in [2.75, 3.05) is 6.54 Å². The van der Waals surface area contributed by atoms with Gasteiger partial charge in [-0.1, -0.05) is 48.0 Å². The van der Waals surface area contributed by atoms with Gasteiger partial charge in [0.05, 0.1) is 6.42 Å². The molecule has 4 heteroatoms. The molecule has 4 nitrogen and oxygen atoms in total. The zero-order valence-corrected chi connectivity index (χ0v) is 13.6. The summed E-state index contributed by atoms with van der Waals surface area (Å²) >= 11 is 0. The minimum absolute atomic E-state index is 0.0298. The van der Waals surface area contributed by atoms with Crippen molar-refractivity contribution in [3.63, 3.8) is 0 Å². The molecular formula is C20H20N2O2. The summed E-state index contributed by atoms with van der Waals surface area (Å²) in [6.07, 6.45) is 0.871. The van der Waals surface area contributed by atoms with E-state index in [9.17, 15) is 9.59 Å². The first-order chi connectivity index (χ1) is 11.6. The zero-order chi connectivity index (χ0) is 16.9. The Morgan fingerprint density at radius 3 is 2.75 bits per heavy atom. The van der Waals surface area contributed by atoms with Crippen molar-refractivity contribution < 1.29 is 4.79 Å². The highest BCUT2D eigenvalue weighted by atomic mass is 16.1. The molecule has 0 unspecified atom stereocenters. The third kappa shape index (κ3) is 3.90. The fourth-order valence-electron chi connectivity index (χ4n) is 2.78. The third-order valence-electron chi connectivity index (χ3n) is 3.99. The van der Waals surface area contributed by atoms with Crippen LogP contribution in [-0.2, 0) is 17.6 Å². The van der Waals surface area contributed by atoms with Gasteiger partial charge >= 0.3 is 0 Å². The SMILES string of the molecule is Cc1cccc(CC(=O)NCCc2cc3ccccc3[nH]c2=O)c1. The molecule has 0 saturated heterocycles. The average molecular weight is 320 g/mol. The van der Waals surface area contributed by atoms with Crippen LogP contribution < -0.4 is 10.9 Å². The quantitative estimate of drug-likeness (QED) is 0.759. The van der Waals surface area contributed by atoms with Crippen LogP contribution in [0.1, 0.15) is 16.7 Å². The van der Waals surface area contributed by atoms with E-state index in [-0.39, 0.29) is 11.5 Å². The zero-order valence-electron chi connectivity index (χ0n) is 13.6. The maximum Gasteiger partial charge on any atom is 0.251 e. The third-order valence-corrected chi connectivity index (χ3v) is 3.99. The van der Waals surface area contributed by atoms with Crippen molar-refractivity contribution in [1.29, 1.82) is 0 Å². The second-order valence-corrected chi connectivity index (χ2v) is 5.98. The number of para-hydroxylation sites is 1. The van der Waals surface area contributed by atoms with E-state index < -0.39 is 0 Å². The number of carbonyl (C=O) groups is 1. The van der Waals surface area contributed by atoms with Crippen LogP contribution in [0.2, 0.25) is 0 Å². The predicted octanol–water partition coefficient (Wildman–Crippen LogP) is 2.74. The largest absolute Gasteiger partial charge is 0.355 e. The topological polar surface area (TPSA) is 62.0 Å². The monoisotopic (exact) mass is 320 g/mol. The summed E-state index contributed by atoms with van der Waals surface area (Å²) in [4.78, 5) is 27.0. The van der Waals surface area contributed by atoms with E-state index >= 15 is 0 Å². The summed E-state index contributed by atoms with van der Waals surface area (Å²) in [5, 5.41) is 3.88. The van der Waals surface area contributed by atoms with E-state index in [1.807, 2.05) is 61.5 Å². The summed E-state index contributed by atoms with van der Waals surface area (Å²) in [5.41, 5.74) is 3.56. The van der Waals surface area contributed by atoms with E-state index in [1.165, 1.54) is 0 Å². The molecule has 3 rings (SSSR count). The summed E-state index contributed by atoms with van der Waals surface area (Å²) in [6, 6.07) is 17.5. The predicted molar refractivity (Wildman–Crippen MR) is 96.2 cm³/mol. The highest BCUT2D eigenvalue weighted by Crippen LogP contribution is 2.10. The summed E-state index contributed by atoms with van der Waals surface area (Å²) in [6.45, 7) is 2.46. The lowest BCUT2D eigenvalue weighted by molar-refractivity contribution is -0.120. The Kier molecular flexibility index (Phi) is 4.75. The average Bonchev–Trinajstić information content (AvgIpc) is 2.55. The smallest absolute Gasteiger partial charge is 0.251 e. The van der Waals surface area contributed by atoms with Crippen LogP contribution in [0.15, 0.2) is 59.4 Å². The lowest BCUT2D eigenvalue weighted by Crippen LogP contribution is -2.28. The number of aromatic amines is 1. The Labute approximate surface area is 140 Å². The van der Waals surface area contributed by atoms with E-state index in [4.69, 9.17) is 0 Å². The summed E-state index contributed by atoms with van der Waals surface area (Å²) in [5.74, 6) is -0.0298. The molecule has 0 bridgehead atoms. The van der Waals surface area contributed by atoms with Crippen molar-refractivity contribution in [2.45, 2.75) is 19.8 Å². The molecule has 0 spiro atoms. The number of aromatic nitrogens is 1. The van der Waals surface area contributed by atoms with Gasteiger partial charge in [-0.15, -0.1) is 0 Å². The van der Waals surface area contributed by atoms with Gasteiger partial charge in [0, 0.05) is 17.6 Å². The molecule has 0 fully saturated rings. The van der Waals surface area contributed by atoms with Gasteiger partial charge in [-0.05, 0) is 36.4 Å². The lowest BCUT2D eigenvalue weighted by atomic mass is 10.1. The second kappa shape index (κ2) is 7.13. The molecule has 0 aliphatic heterocycles. The van der Waals surface area contributed by atoms with Gasteiger partial charge in [0.25, 0.3) is 5.56 Å². The molecule has 1 heterocycles. The molecule has 3 aromatic rings. The van der Waals surface area contributed by atoms with Crippen LogP contribution in [0.5, 0.6) is 0 Å². The molecule has 2 N–H and O–H groups in total. The normalized spacial score (nSPS) is 10.7. The Morgan fingerprint density at radius 2 is 1.92 bits per heavy atom. The van der Waals surface area contributed by atoms with Crippen LogP contribution in [0.3, 0.4) is 0 Å². The molecule has 0 aliphatic rings. The number of H-pyrrole nitrogens is 1. The maximum absolute atomic E-state index is 12.1. The van der Waals surface area contributed by atoms with Crippen molar-refractivity contribution >= 4 is 16.8 Å². The van der Waals surface area contributed by atoms with E-state index in [1.54, 1.807) is 0 Å². The number of benzene rings is 2. The Balaban J connectivity index is 1.59. The van der Waals surface area contributed by atoms with E-state index in [0.717, 1.165) is 22.0 Å². The van der Waals surface area contributed by atoms with Gasteiger partial charge in [0.1, 0.15) is 0 Å². The number of hydrogen-bond donors (Lipinski definition) is 2. The number of nitrogens with one attached hydrogen (secondary N) is 2. The van der Waals surface area contributed by atoms with Gasteiger partial charge in [-0.25, -0.2) is 0 Å². The van der Waals surface area contributed by atoms with Crippen molar-refractivity contribution in [3.05, 3.63) is 81.6 Å². The maximum atomic E-state index is 12.1. The van der Waals surface area contributed by atoms with E-state index in [0.29, 0.717) is 24.9 Å². The fraction of sp³-hybridized carbons (Fsp3) is 0.200. The molecule has 0 aliphatic carbocycles. The number of rotatable bonds is 5. The van der Waals surface area contributed by atoms with Gasteiger partial charge in [-0.2, -0.15) is 0 Å². The minimum atomic E-state index is -0.0957. The van der Waals surface area contributed by atoms with Gasteiger partial charge in [0.2, 0.25) is 5.91 Å². The van der Waals surface area contributed by atoms with Gasteiger partial charge < -0.3 is 10.3 Å². The number of pyridine rings is 1. The highest BCUT2D eigenvalue weighted by Gasteiger charge is 2.06. The first-order valence-electron chi connectivity index (χ1n) is 8.05. The minimum Gasteiger partial charge on any atom is -0.355 e. The molecule has 2 aromatic carbocycles. The van der Waals surface area contributed by atoms with Crippen molar-refractivity contribution in [1.82, 2.24) is 10.3 Å². The highest BCUT2D eigenvalue weighted by molar-refractivity contribution is 5.79. The molecule has 1 amide bonds. The van der Waals surface area contributed by atoms with Crippen LogP contribution in [0.25, 0.3) is 10.9 Å². The first kappa shape index (κ1) is 16.0. The fourth-order valence-corrected chi connectivity index (χ4v) is 2.78. The van der Waals surface area contributed by atoms with E-state index in [2.05, 4.69) is 10.3 Å².